The fraction of sp³-hybridized carbons (Fsp3) is 0.200. The Morgan fingerprint density at radius 2 is 2.17 bits per heavy atom. The number of sulfonamides is 1. The molecule has 2 N–H and O–H groups in total. The van der Waals surface area contributed by atoms with E-state index in [1.54, 1.807) is 25.4 Å². The van der Waals surface area contributed by atoms with E-state index in [0.717, 1.165) is 4.31 Å². The average molecular weight is 267 g/mol. The number of anilines is 2. The lowest BCUT2D eigenvalue weighted by atomic mass is 10.4. The highest BCUT2D eigenvalue weighted by Gasteiger charge is 2.26. The van der Waals surface area contributed by atoms with Crippen molar-refractivity contribution in [2.75, 3.05) is 17.1 Å². The fourth-order valence-corrected chi connectivity index (χ4v) is 2.78. The summed E-state index contributed by atoms with van der Waals surface area (Å²) in [5.41, 5.74) is 6.05. The molecule has 2 heterocycles. The number of nitrogen functional groups attached to an aromatic ring is 1. The topological polar surface area (TPSA) is 94.1 Å². The molecular formula is C10H13N5O2S. The molecule has 0 radical (unpaired) electrons. The Labute approximate surface area is 105 Å². The number of hydrogen-bond acceptors (Lipinski definition) is 5. The molecule has 0 aliphatic heterocycles. The quantitative estimate of drug-likeness (QED) is 0.858. The van der Waals surface area contributed by atoms with Gasteiger partial charge in [0.15, 0.2) is 5.82 Å². The number of aryl methyl sites for hydroxylation is 1. The van der Waals surface area contributed by atoms with Gasteiger partial charge in [-0.25, -0.2) is 8.42 Å². The van der Waals surface area contributed by atoms with Crippen LogP contribution in [0, 0.1) is 0 Å². The summed E-state index contributed by atoms with van der Waals surface area (Å²) in [4.78, 5) is 3.87. The number of aromatic nitrogens is 3. The van der Waals surface area contributed by atoms with Crippen molar-refractivity contribution >= 4 is 21.5 Å². The van der Waals surface area contributed by atoms with Gasteiger partial charge in [0, 0.05) is 26.5 Å². The van der Waals surface area contributed by atoms with Gasteiger partial charge in [-0.15, -0.1) is 0 Å². The molecule has 18 heavy (non-hydrogen) atoms. The number of rotatable bonds is 3. The van der Waals surface area contributed by atoms with Crippen LogP contribution in [0.15, 0.2) is 35.6 Å². The summed E-state index contributed by atoms with van der Waals surface area (Å²) in [7, 11) is -0.663. The Morgan fingerprint density at radius 3 is 2.67 bits per heavy atom. The first kappa shape index (κ1) is 12.4. The zero-order valence-corrected chi connectivity index (χ0v) is 10.8. The third-order valence-electron chi connectivity index (χ3n) is 2.47. The van der Waals surface area contributed by atoms with E-state index in [1.165, 1.54) is 24.1 Å². The Balaban J connectivity index is 2.47. The van der Waals surface area contributed by atoms with Crippen LogP contribution in [0.1, 0.15) is 0 Å². The van der Waals surface area contributed by atoms with E-state index in [9.17, 15) is 8.42 Å². The molecule has 0 aromatic carbocycles. The molecule has 0 saturated heterocycles. The predicted octanol–water partition coefficient (Wildman–Crippen LogP) is 0.222. The lowest BCUT2D eigenvalue weighted by molar-refractivity contribution is 0.594. The minimum atomic E-state index is -3.72. The predicted molar refractivity (Wildman–Crippen MR) is 67.4 cm³/mol. The van der Waals surface area contributed by atoms with Crippen molar-refractivity contribution in [1.82, 2.24) is 14.8 Å². The molecule has 2 aromatic heterocycles. The Morgan fingerprint density at radius 1 is 1.44 bits per heavy atom. The Bertz CT molecular complexity index is 650. The summed E-state index contributed by atoms with van der Waals surface area (Å²) < 4.78 is 27.1. The molecule has 0 saturated carbocycles. The molecular weight excluding hydrogens is 254 g/mol. The second-order valence-corrected chi connectivity index (χ2v) is 5.67. The molecule has 2 rings (SSSR count). The van der Waals surface area contributed by atoms with Gasteiger partial charge in [0.1, 0.15) is 4.90 Å². The van der Waals surface area contributed by atoms with Gasteiger partial charge in [0.25, 0.3) is 10.0 Å². The third kappa shape index (κ3) is 2.02. The zero-order chi connectivity index (χ0) is 13.3. The van der Waals surface area contributed by atoms with Crippen molar-refractivity contribution in [1.29, 1.82) is 0 Å². The number of hydrogen-bond donors (Lipinski definition) is 1. The van der Waals surface area contributed by atoms with Crippen LogP contribution < -0.4 is 10.0 Å². The summed E-state index contributed by atoms with van der Waals surface area (Å²) in [5.74, 6) is -0.0201. The summed E-state index contributed by atoms with van der Waals surface area (Å²) >= 11 is 0. The van der Waals surface area contributed by atoms with Crippen molar-refractivity contribution in [2.24, 2.45) is 7.05 Å². The second kappa shape index (κ2) is 4.30. The molecule has 0 unspecified atom stereocenters. The molecule has 7 nitrogen and oxygen atoms in total. The van der Waals surface area contributed by atoms with Crippen LogP contribution in [-0.2, 0) is 17.1 Å². The fourth-order valence-electron chi connectivity index (χ4n) is 1.51. The van der Waals surface area contributed by atoms with Gasteiger partial charge in [0.05, 0.1) is 11.9 Å². The highest BCUT2D eigenvalue weighted by molar-refractivity contribution is 7.93. The van der Waals surface area contributed by atoms with E-state index in [0.29, 0.717) is 5.69 Å². The summed E-state index contributed by atoms with van der Waals surface area (Å²) in [5, 5.41) is 3.83. The normalized spacial score (nSPS) is 11.4. The molecule has 96 valence electrons. The minimum absolute atomic E-state index is 0.0173. The SMILES string of the molecule is CN(c1cccnc1)S(=O)(=O)c1cn(C)nc1N. The summed E-state index contributed by atoms with van der Waals surface area (Å²) in [6.07, 6.45) is 4.41. The molecule has 0 bridgehead atoms. The second-order valence-electron chi connectivity index (χ2n) is 3.74. The molecule has 8 heteroatoms. The Kier molecular flexibility index (Phi) is 2.95. The summed E-state index contributed by atoms with van der Waals surface area (Å²) in [6.45, 7) is 0. The van der Waals surface area contributed by atoms with E-state index < -0.39 is 10.0 Å². The van der Waals surface area contributed by atoms with Gasteiger partial charge < -0.3 is 5.73 Å². The van der Waals surface area contributed by atoms with Gasteiger partial charge in [0.2, 0.25) is 0 Å². The van der Waals surface area contributed by atoms with Crippen LogP contribution in [0.4, 0.5) is 11.5 Å². The maximum absolute atomic E-state index is 12.3. The highest BCUT2D eigenvalue weighted by atomic mass is 32.2. The maximum Gasteiger partial charge on any atom is 0.269 e. The van der Waals surface area contributed by atoms with E-state index in [-0.39, 0.29) is 10.7 Å². The van der Waals surface area contributed by atoms with Gasteiger partial charge in [-0.1, -0.05) is 0 Å². The van der Waals surface area contributed by atoms with Crippen LogP contribution in [-0.4, -0.2) is 30.2 Å². The largest absolute Gasteiger partial charge is 0.381 e. The van der Waals surface area contributed by atoms with E-state index in [1.807, 2.05) is 0 Å². The monoisotopic (exact) mass is 267 g/mol. The lowest BCUT2D eigenvalue weighted by Gasteiger charge is -2.18. The molecule has 0 fully saturated rings. The lowest BCUT2D eigenvalue weighted by Crippen LogP contribution is -2.27. The smallest absolute Gasteiger partial charge is 0.269 e. The van der Waals surface area contributed by atoms with Crippen molar-refractivity contribution in [3.8, 4) is 0 Å². The molecule has 0 aliphatic carbocycles. The Hall–Kier alpha value is -2.09. The maximum atomic E-state index is 12.3. The first-order chi connectivity index (χ1) is 8.43. The van der Waals surface area contributed by atoms with Crippen LogP contribution in [0.5, 0.6) is 0 Å². The highest BCUT2D eigenvalue weighted by Crippen LogP contribution is 2.23. The molecule has 0 atom stereocenters. The van der Waals surface area contributed by atoms with E-state index in [4.69, 9.17) is 5.73 Å². The molecule has 0 aliphatic rings. The molecule has 2 aromatic rings. The number of nitrogens with two attached hydrogens (primary N) is 1. The van der Waals surface area contributed by atoms with E-state index in [2.05, 4.69) is 10.1 Å². The van der Waals surface area contributed by atoms with E-state index >= 15 is 0 Å². The first-order valence-corrected chi connectivity index (χ1v) is 6.55. The van der Waals surface area contributed by atoms with Gasteiger partial charge in [-0.3, -0.25) is 14.0 Å². The standard InChI is InChI=1S/C10H13N5O2S/c1-14-7-9(10(11)13-14)18(16,17)15(2)8-4-3-5-12-6-8/h3-7H,1-2H3,(H2,11,13). The van der Waals surface area contributed by atoms with Crippen LogP contribution >= 0.6 is 0 Å². The molecule has 0 spiro atoms. The van der Waals surface area contributed by atoms with Crippen LogP contribution in [0.3, 0.4) is 0 Å². The average Bonchev–Trinajstić information content (AvgIpc) is 2.69. The van der Waals surface area contributed by atoms with Gasteiger partial charge in [-0.05, 0) is 12.1 Å². The van der Waals surface area contributed by atoms with Crippen molar-refractivity contribution in [2.45, 2.75) is 4.90 Å². The third-order valence-corrected chi connectivity index (χ3v) is 4.27. The van der Waals surface area contributed by atoms with Gasteiger partial charge >= 0.3 is 0 Å². The van der Waals surface area contributed by atoms with Crippen molar-refractivity contribution in [3.63, 3.8) is 0 Å². The number of nitrogens with zero attached hydrogens (tertiary/aromatic N) is 4. The first-order valence-electron chi connectivity index (χ1n) is 5.11. The minimum Gasteiger partial charge on any atom is -0.381 e. The van der Waals surface area contributed by atoms with Crippen molar-refractivity contribution < 1.29 is 8.42 Å². The van der Waals surface area contributed by atoms with Crippen LogP contribution in [0.25, 0.3) is 0 Å². The summed E-state index contributed by atoms with van der Waals surface area (Å²) in [6, 6.07) is 3.31. The number of pyridine rings is 1. The molecule has 0 amide bonds. The van der Waals surface area contributed by atoms with Gasteiger partial charge in [-0.2, -0.15) is 5.10 Å². The van der Waals surface area contributed by atoms with Crippen molar-refractivity contribution in [3.05, 3.63) is 30.7 Å². The van der Waals surface area contributed by atoms with Crippen LogP contribution in [0.2, 0.25) is 0 Å². The zero-order valence-electron chi connectivity index (χ0n) is 9.98.